The summed E-state index contributed by atoms with van der Waals surface area (Å²) < 4.78 is 1.05. The van der Waals surface area contributed by atoms with Crippen LogP contribution in [-0.2, 0) is 13.0 Å². The van der Waals surface area contributed by atoms with Gasteiger partial charge in [-0.15, -0.1) is 0 Å². The zero-order valence-corrected chi connectivity index (χ0v) is 13.8. The van der Waals surface area contributed by atoms with Crippen LogP contribution in [0, 0.1) is 5.92 Å². The third-order valence-corrected chi connectivity index (χ3v) is 4.72. The van der Waals surface area contributed by atoms with Gasteiger partial charge < -0.3 is 0 Å². The van der Waals surface area contributed by atoms with Crippen LogP contribution in [0.2, 0.25) is 0 Å². The number of aromatic nitrogens is 1. The van der Waals surface area contributed by atoms with Crippen molar-refractivity contribution in [2.24, 2.45) is 5.92 Å². The summed E-state index contributed by atoms with van der Waals surface area (Å²) in [5.74, 6) is 0.835. The molecule has 0 unspecified atom stereocenters. The SMILES string of the molecule is Brc1ccc(CN2CCC(Cc3ccccc3)CC2)nc1. The molecule has 3 heteroatoms. The van der Waals surface area contributed by atoms with Crippen molar-refractivity contribution in [1.29, 1.82) is 0 Å². The highest BCUT2D eigenvalue weighted by Crippen LogP contribution is 2.22. The molecule has 1 fully saturated rings. The van der Waals surface area contributed by atoms with Crippen LogP contribution >= 0.6 is 15.9 Å². The van der Waals surface area contributed by atoms with E-state index in [1.54, 1.807) is 0 Å². The third kappa shape index (κ3) is 4.39. The second kappa shape index (κ2) is 7.19. The van der Waals surface area contributed by atoms with Crippen LogP contribution < -0.4 is 0 Å². The number of pyridine rings is 1. The topological polar surface area (TPSA) is 16.1 Å². The Morgan fingerprint density at radius 2 is 1.81 bits per heavy atom. The fourth-order valence-electron chi connectivity index (χ4n) is 3.03. The van der Waals surface area contributed by atoms with E-state index in [2.05, 4.69) is 68.3 Å². The van der Waals surface area contributed by atoms with Crippen molar-refractivity contribution >= 4 is 15.9 Å². The monoisotopic (exact) mass is 344 g/mol. The minimum absolute atomic E-state index is 0.835. The summed E-state index contributed by atoms with van der Waals surface area (Å²) in [4.78, 5) is 7.00. The average molecular weight is 345 g/mol. The summed E-state index contributed by atoms with van der Waals surface area (Å²) in [6.07, 6.45) is 5.71. The number of benzene rings is 1. The Labute approximate surface area is 135 Å². The Morgan fingerprint density at radius 1 is 1.05 bits per heavy atom. The highest BCUT2D eigenvalue weighted by molar-refractivity contribution is 9.10. The predicted molar refractivity (Wildman–Crippen MR) is 90.1 cm³/mol. The summed E-state index contributed by atoms with van der Waals surface area (Å²) in [7, 11) is 0. The predicted octanol–water partition coefficient (Wildman–Crippen LogP) is 4.30. The quantitative estimate of drug-likeness (QED) is 0.821. The van der Waals surface area contributed by atoms with Gasteiger partial charge in [-0.1, -0.05) is 30.3 Å². The van der Waals surface area contributed by atoms with Crippen LogP contribution in [-0.4, -0.2) is 23.0 Å². The van der Waals surface area contributed by atoms with Crippen LogP contribution in [0.25, 0.3) is 0 Å². The highest BCUT2D eigenvalue weighted by Gasteiger charge is 2.19. The molecule has 3 rings (SSSR count). The lowest BCUT2D eigenvalue weighted by molar-refractivity contribution is 0.175. The van der Waals surface area contributed by atoms with Crippen molar-refractivity contribution in [3.8, 4) is 0 Å². The number of piperidine rings is 1. The molecule has 21 heavy (non-hydrogen) atoms. The van der Waals surface area contributed by atoms with Gasteiger partial charge in [-0.2, -0.15) is 0 Å². The maximum atomic E-state index is 4.47. The first-order chi connectivity index (χ1) is 10.3. The first-order valence-corrected chi connectivity index (χ1v) is 8.45. The van der Waals surface area contributed by atoms with E-state index in [0.29, 0.717) is 0 Å². The van der Waals surface area contributed by atoms with Gasteiger partial charge in [0.05, 0.1) is 5.69 Å². The van der Waals surface area contributed by atoms with Gasteiger partial charge >= 0.3 is 0 Å². The van der Waals surface area contributed by atoms with Crippen LogP contribution in [0.3, 0.4) is 0 Å². The molecule has 0 radical (unpaired) electrons. The van der Waals surface area contributed by atoms with E-state index in [0.717, 1.165) is 16.9 Å². The van der Waals surface area contributed by atoms with Crippen LogP contribution in [0.4, 0.5) is 0 Å². The molecule has 0 atom stereocenters. The van der Waals surface area contributed by atoms with Gasteiger partial charge in [-0.3, -0.25) is 9.88 Å². The molecule has 1 aliphatic rings. The molecule has 110 valence electrons. The lowest BCUT2D eigenvalue weighted by Crippen LogP contribution is -2.34. The molecule has 0 aliphatic carbocycles. The average Bonchev–Trinajstić information content (AvgIpc) is 2.53. The Balaban J connectivity index is 1.47. The van der Waals surface area contributed by atoms with E-state index < -0.39 is 0 Å². The second-order valence-electron chi connectivity index (χ2n) is 5.88. The van der Waals surface area contributed by atoms with Crippen molar-refractivity contribution in [1.82, 2.24) is 9.88 Å². The standard InChI is InChI=1S/C18H21BrN2/c19-17-6-7-18(20-13-17)14-21-10-8-16(9-11-21)12-15-4-2-1-3-5-15/h1-7,13,16H,8-12,14H2. The number of likely N-dealkylation sites (tertiary alicyclic amines) is 1. The largest absolute Gasteiger partial charge is 0.297 e. The molecule has 0 saturated carbocycles. The van der Waals surface area contributed by atoms with E-state index in [1.165, 1.54) is 43.6 Å². The molecular formula is C18H21BrN2. The Kier molecular flexibility index (Phi) is 5.04. The number of halogens is 1. The van der Waals surface area contributed by atoms with Crippen molar-refractivity contribution < 1.29 is 0 Å². The molecule has 0 spiro atoms. The Morgan fingerprint density at radius 3 is 2.48 bits per heavy atom. The molecule has 0 N–H and O–H groups in total. The van der Waals surface area contributed by atoms with Gasteiger partial charge in [0.2, 0.25) is 0 Å². The summed E-state index contributed by atoms with van der Waals surface area (Å²) in [5.41, 5.74) is 2.64. The van der Waals surface area contributed by atoms with Gasteiger partial charge in [0, 0.05) is 17.2 Å². The van der Waals surface area contributed by atoms with E-state index >= 15 is 0 Å². The third-order valence-electron chi connectivity index (χ3n) is 4.25. The molecule has 0 bridgehead atoms. The molecule has 1 aromatic heterocycles. The van der Waals surface area contributed by atoms with Crippen LogP contribution in [0.15, 0.2) is 53.1 Å². The molecule has 2 nitrogen and oxygen atoms in total. The van der Waals surface area contributed by atoms with Gasteiger partial charge in [-0.05, 0) is 71.9 Å². The minimum atomic E-state index is 0.835. The molecule has 1 aromatic carbocycles. The molecule has 2 heterocycles. The Hall–Kier alpha value is -1.19. The first kappa shape index (κ1) is 14.7. The summed E-state index contributed by atoms with van der Waals surface area (Å²) in [5, 5.41) is 0. The van der Waals surface area contributed by atoms with E-state index in [9.17, 15) is 0 Å². The zero-order chi connectivity index (χ0) is 14.5. The molecule has 0 amide bonds. The molecule has 1 saturated heterocycles. The maximum Gasteiger partial charge on any atom is 0.0544 e. The fourth-order valence-corrected chi connectivity index (χ4v) is 3.26. The van der Waals surface area contributed by atoms with Crippen molar-refractivity contribution in [2.75, 3.05) is 13.1 Å². The lowest BCUT2D eigenvalue weighted by atomic mass is 9.90. The maximum absolute atomic E-state index is 4.47. The molecule has 2 aromatic rings. The van der Waals surface area contributed by atoms with E-state index in [1.807, 2.05) is 6.20 Å². The van der Waals surface area contributed by atoms with Gasteiger partial charge in [0.25, 0.3) is 0 Å². The lowest BCUT2D eigenvalue weighted by Gasteiger charge is -2.31. The Bertz CT molecular complexity index is 545. The van der Waals surface area contributed by atoms with Gasteiger partial charge in [0.15, 0.2) is 0 Å². The van der Waals surface area contributed by atoms with Crippen molar-refractivity contribution in [3.63, 3.8) is 0 Å². The number of rotatable bonds is 4. The first-order valence-electron chi connectivity index (χ1n) is 7.66. The smallest absolute Gasteiger partial charge is 0.0544 e. The zero-order valence-electron chi connectivity index (χ0n) is 12.2. The summed E-state index contributed by atoms with van der Waals surface area (Å²) in [6, 6.07) is 15.1. The van der Waals surface area contributed by atoms with Crippen LogP contribution in [0.1, 0.15) is 24.1 Å². The van der Waals surface area contributed by atoms with Gasteiger partial charge in [0.1, 0.15) is 0 Å². The molecule has 1 aliphatic heterocycles. The van der Waals surface area contributed by atoms with E-state index in [-0.39, 0.29) is 0 Å². The second-order valence-corrected chi connectivity index (χ2v) is 6.79. The summed E-state index contributed by atoms with van der Waals surface area (Å²) >= 11 is 3.43. The van der Waals surface area contributed by atoms with Crippen molar-refractivity contribution in [3.05, 3.63) is 64.4 Å². The number of hydrogen-bond donors (Lipinski definition) is 0. The number of nitrogens with zero attached hydrogens (tertiary/aromatic N) is 2. The highest BCUT2D eigenvalue weighted by atomic mass is 79.9. The van der Waals surface area contributed by atoms with Gasteiger partial charge in [-0.25, -0.2) is 0 Å². The van der Waals surface area contributed by atoms with E-state index in [4.69, 9.17) is 0 Å². The van der Waals surface area contributed by atoms with Crippen molar-refractivity contribution in [2.45, 2.75) is 25.8 Å². The minimum Gasteiger partial charge on any atom is -0.297 e. The summed E-state index contributed by atoms with van der Waals surface area (Å²) in [6.45, 7) is 3.36. The number of hydrogen-bond acceptors (Lipinski definition) is 2. The fraction of sp³-hybridized carbons (Fsp3) is 0.389. The van der Waals surface area contributed by atoms with Crippen LogP contribution in [0.5, 0.6) is 0 Å². The normalized spacial score (nSPS) is 17.0. The molecular weight excluding hydrogens is 324 g/mol.